The van der Waals surface area contributed by atoms with Gasteiger partial charge in [-0.2, -0.15) is 11.8 Å². The minimum Gasteiger partial charge on any atom is -0.327 e. The lowest BCUT2D eigenvalue weighted by molar-refractivity contribution is 0.207. The molecule has 0 radical (unpaired) electrons. The number of hydrogen-bond acceptors (Lipinski definition) is 3. The van der Waals surface area contributed by atoms with Crippen molar-refractivity contribution < 1.29 is 0 Å². The van der Waals surface area contributed by atoms with Gasteiger partial charge in [0.15, 0.2) is 0 Å². The van der Waals surface area contributed by atoms with Crippen molar-refractivity contribution in [3.05, 3.63) is 0 Å². The minimum atomic E-state index is 0.442. The molecule has 0 spiro atoms. The van der Waals surface area contributed by atoms with E-state index < -0.39 is 0 Å². The van der Waals surface area contributed by atoms with Gasteiger partial charge in [0.05, 0.1) is 0 Å². The second-order valence-corrected chi connectivity index (χ2v) is 6.06. The molecule has 2 heterocycles. The molecule has 0 aromatic carbocycles. The number of nitrogens with two attached hydrogens (primary N) is 1. The summed E-state index contributed by atoms with van der Waals surface area (Å²) in [7, 11) is 0. The number of piperidine rings is 1. The fraction of sp³-hybridized carbons (Fsp3) is 1.00. The maximum atomic E-state index is 5.98. The monoisotopic (exact) mass is 214 g/mol. The summed E-state index contributed by atoms with van der Waals surface area (Å²) >= 11 is 2.18. The highest BCUT2D eigenvalue weighted by Gasteiger charge is 2.21. The van der Waals surface area contributed by atoms with E-state index in [1.165, 1.54) is 50.9 Å². The number of thioether (sulfide) groups is 1. The zero-order valence-electron chi connectivity index (χ0n) is 8.95. The third kappa shape index (κ3) is 3.14. The van der Waals surface area contributed by atoms with Crippen molar-refractivity contribution in [3.63, 3.8) is 0 Å². The third-order valence-electron chi connectivity index (χ3n) is 3.28. The molecule has 2 rings (SSSR count). The highest BCUT2D eigenvalue weighted by atomic mass is 32.2. The van der Waals surface area contributed by atoms with Gasteiger partial charge in [0, 0.05) is 24.4 Å². The number of rotatable bonds is 2. The van der Waals surface area contributed by atoms with E-state index in [1.807, 2.05) is 0 Å². The van der Waals surface area contributed by atoms with E-state index in [-0.39, 0.29) is 0 Å². The standard InChI is InChI=1S/C11H22N2S/c12-10-4-3-6-13(8-10)9-11-5-1-2-7-14-11/h10-11H,1-9,12H2. The van der Waals surface area contributed by atoms with Crippen LogP contribution in [0.25, 0.3) is 0 Å². The number of nitrogens with zero attached hydrogens (tertiary/aromatic N) is 1. The van der Waals surface area contributed by atoms with Crippen LogP contribution in [-0.2, 0) is 0 Å². The Kier molecular flexibility index (Phi) is 4.14. The van der Waals surface area contributed by atoms with E-state index in [0.29, 0.717) is 6.04 Å². The molecule has 2 N–H and O–H groups in total. The molecule has 3 heteroatoms. The van der Waals surface area contributed by atoms with Crippen molar-refractivity contribution in [1.29, 1.82) is 0 Å². The van der Waals surface area contributed by atoms with E-state index in [0.717, 1.165) is 11.8 Å². The molecule has 2 nitrogen and oxygen atoms in total. The summed E-state index contributed by atoms with van der Waals surface area (Å²) in [5.74, 6) is 1.38. The zero-order valence-corrected chi connectivity index (χ0v) is 9.77. The number of hydrogen-bond donors (Lipinski definition) is 1. The molecule has 0 saturated carbocycles. The predicted octanol–water partition coefficient (Wildman–Crippen LogP) is 1.70. The van der Waals surface area contributed by atoms with Crippen molar-refractivity contribution in [2.45, 2.75) is 43.4 Å². The van der Waals surface area contributed by atoms with Gasteiger partial charge in [-0.15, -0.1) is 0 Å². The smallest absolute Gasteiger partial charge is 0.0175 e. The Bertz CT molecular complexity index is 169. The second kappa shape index (κ2) is 5.38. The Morgan fingerprint density at radius 2 is 2.14 bits per heavy atom. The van der Waals surface area contributed by atoms with Crippen LogP contribution >= 0.6 is 11.8 Å². The molecule has 2 atom stereocenters. The van der Waals surface area contributed by atoms with Crippen LogP contribution in [0.5, 0.6) is 0 Å². The summed E-state index contributed by atoms with van der Waals surface area (Å²) in [4.78, 5) is 2.58. The molecular weight excluding hydrogens is 192 g/mol. The quantitative estimate of drug-likeness (QED) is 0.758. The van der Waals surface area contributed by atoms with Gasteiger partial charge in [0.2, 0.25) is 0 Å². The first-order chi connectivity index (χ1) is 6.84. The highest BCUT2D eigenvalue weighted by molar-refractivity contribution is 7.99. The first-order valence-corrected chi connectivity index (χ1v) is 6.99. The fourth-order valence-corrected chi connectivity index (χ4v) is 3.85. The Balaban J connectivity index is 1.72. The van der Waals surface area contributed by atoms with Crippen molar-refractivity contribution in [3.8, 4) is 0 Å². The van der Waals surface area contributed by atoms with Gasteiger partial charge < -0.3 is 10.6 Å². The third-order valence-corrected chi connectivity index (χ3v) is 4.66. The summed E-state index contributed by atoms with van der Waals surface area (Å²) in [5, 5.41) is 0.897. The van der Waals surface area contributed by atoms with Crippen LogP contribution in [0.4, 0.5) is 0 Å². The molecule has 0 aromatic rings. The molecule has 2 fully saturated rings. The van der Waals surface area contributed by atoms with Gasteiger partial charge in [-0.3, -0.25) is 0 Å². The maximum Gasteiger partial charge on any atom is 0.0175 e. The largest absolute Gasteiger partial charge is 0.327 e. The van der Waals surface area contributed by atoms with Crippen molar-refractivity contribution in [2.24, 2.45) is 5.73 Å². The molecule has 2 unspecified atom stereocenters. The summed E-state index contributed by atoms with van der Waals surface area (Å²) in [6.07, 6.45) is 6.83. The van der Waals surface area contributed by atoms with Gasteiger partial charge >= 0.3 is 0 Å². The van der Waals surface area contributed by atoms with Crippen LogP contribution < -0.4 is 5.73 Å². The Labute approximate surface area is 91.6 Å². The van der Waals surface area contributed by atoms with Crippen molar-refractivity contribution in [1.82, 2.24) is 4.90 Å². The van der Waals surface area contributed by atoms with E-state index in [4.69, 9.17) is 5.73 Å². The molecule has 2 aliphatic heterocycles. The fourth-order valence-electron chi connectivity index (χ4n) is 2.50. The average Bonchev–Trinajstić information content (AvgIpc) is 2.19. The zero-order chi connectivity index (χ0) is 9.80. The van der Waals surface area contributed by atoms with Crippen LogP contribution in [0.3, 0.4) is 0 Å². The molecule has 82 valence electrons. The van der Waals surface area contributed by atoms with Gasteiger partial charge in [0.1, 0.15) is 0 Å². The van der Waals surface area contributed by atoms with E-state index in [2.05, 4.69) is 16.7 Å². The Morgan fingerprint density at radius 3 is 2.86 bits per heavy atom. The summed E-state index contributed by atoms with van der Waals surface area (Å²) in [6, 6.07) is 0.442. The van der Waals surface area contributed by atoms with Gasteiger partial charge in [-0.25, -0.2) is 0 Å². The predicted molar refractivity (Wildman–Crippen MR) is 63.7 cm³/mol. The van der Waals surface area contributed by atoms with Gasteiger partial charge in [-0.05, 0) is 38.0 Å². The molecule has 0 aliphatic carbocycles. The first kappa shape index (κ1) is 10.8. The molecule has 0 amide bonds. The molecule has 0 bridgehead atoms. The Morgan fingerprint density at radius 1 is 1.21 bits per heavy atom. The van der Waals surface area contributed by atoms with Crippen LogP contribution in [0, 0.1) is 0 Å². The van der Waals surface area contributed by atoms with Gasteiger partial charge in [0.25, 0.3) is 0 Å². The molecule has 14 heavy (non-hydrogen) atoms. The maximum absolute atomic E-state index is 5.98. The topological polar surface area (TPSA) is 29.3 Å². The minimum absolute atomic E-state index is 0.442. The van der Waals surface area contributed by atoms with E-state index in [1.54, 1.807) is 0 Å². The first-order valence-electron chi connectivity index (χ1n) is 5.94. The lowest BCUT2D eigenvalue weighted by atomic mass is 10.1. The molecule has 0 aromatic heterocycles. The summed E-state index contributed by atoms with van der Waals surface area (Å²) in [6.45, 7) is 3.71. The summed E-state index contributed by atoms with van der Waals surface area (Å²) < 4.78 is 0. The second-order valence-electron chi connectivity index (χ2n) is 4.65. The van der Waals surface area contributed by atoms with Crippen LogP contribution in [0.1, 0.15) is 32.1 Å². The van der Waals surface area contributed by atoms with Crippen LogP contribution in [-0.4, -0.2) is 41.6 Å². The molecular formula is C11H22N2S. The van der Waals surface area contributed by atoms with Crippen LogP contribution in [0.15, 0.2) is 0 Å². The van der Waals surface area contributed by atoms with Gasteiger partial charge in [-0.1, -0.05) is 6.42 Å². The van der Waals surface area contributed by atoms with Crippen molar-refractivity contribution in [2.75, 3.05) is 25.4 Å². The molecule has 2 saturated heterocycles. The average molecular weight is 214 g/mol. The normalized spacial score (nSPS) is 35.8. The lowest BCUT2D eigenvalue weighted by Crippen LogP contribution is -2.45. The summed E-state index contributed by atoms with van der Waals surface area (Å²) in [5.41, 5.74) is 5.98. The van der Waals surface area contributed by atoms with Crippen molar-refractivity contribution >= 4 is 11.8 Å². The van der Waals surface area contributed by atoms with Crippen LogP contribution in [0.2, 0.25) is 0 Å². The van der Waals surface area contributed by atoms with E-state index in [9.17, 15) is 0 Å². The highest BCUT2D eigenvalue weighted by Crippen LogP contribution is 2.26. The SMILES string of the molecule is NC1CCCN(CC2CCCCS2)C1. The van der Waals surface area contributed by atoms with E-state index >= 15 is 0 Å². The molecule has 2 aliphatic rings. The lowest BCUT2D eigenvalue weighted by Gasteiger charge is -2.34. The number of likely N-dealkylation sites (tertiary alicyclic amines) is 1. The Hall–Kier alpha value is 0.270.